The molecular weight excluding hydrogens is 228 g/mol. The summed E-state index contributed by atoms with van der Waals surface area (Å²) in [6.07, 6.45) is 5.90. The third-order valence-corrected chi connectivity index (χ3v) is 2.72. The molecule has 0 aliphatic carbocycles. The van der Waals surface area contributed by atoms with Gasteiger partial charge in [0.25, 0.3) is 0 Å². The van der Waals surface area contributed by atoms with Crippen LogP contribution in [0, 0.1) is 0 Å². The van der Waals surface area contributed by atoms with Crippen LogP contribution in [0.2, 0.25) is 0 Å². The Kier molecular flexibility index (Phi) is 4.17. The van der Waals surface area contributed by atoms with E-state index in [0.29, 0.717) is 0 Å². The van der Waals surface area contributed by atoms with Crippen molar-refractivity contribution >= 4 is 22.7 Å². The van der Waals surface area contributed by atoms with Crippen molar-refractivity contribution in [3.8, 4) is 0 Å². The van der Waals surface area contributed by atoms with Gasteiger partial charge in [0, 0.05) is 5.03 Å². The lowest BCUT2D eigenvalue weighted by molar-refractivity contribution is 1.64. The summed E-state index contributed by atoms with van der Waals surface area (Å²) in [5, 5.41) is 0.748. The van der Waals surface area contributed by atoms with Crippen molar-refractivity contribution in [1.29, 1.82) is 0 Å². The minimum absolute atomic E-state index is 0.748. The van der Waals surface area contributed by atoms with Crippen LogP contribution >= 0.6 is 11.6 Å². The van der Waals surface area contributed by atoms with E-state index in [1.807, 2.05) is 66.8 Å². The van der Waals surface area contributed by atoms with Gasteiger partial charge in [0.1, 0.15) is 0 Å². The Labute approximate surface area is 107 Å². The Morgan fingerprint density at radius 1 is 0.824 bits per heavy atom. The Hall–Kier alpha value is -1.79. The molecule has 0 nitrogen and oxygen atoms in total. The van der Waals surface area contributed by atoms with Gasteiger partial charge in [-0.05, 0) is 17.2 Å². The second-order valence-electron chi connectivity index (χ2n) is 3.65. The van der Waals surface area contributed by atoms with Crippen LogP contribution in [0.1, 0.15) is 11.1 Å². The van der Waals surface area contributed by atoms with Crippen LogP contribution in [0.4, 0.5) is 0 Å². The highest BCUT2D eigenvalue weighted by atomic mass is 35.5. The smallest absolute Gasteiger partial charge is 0.0478 e. The molecule has 0 unspecified atom stereocenters. The maximum Gasteiger partial charge on any atom is 0.0478 e. The molecule has 0 spiro atoms. The first-order valence-electron chi connectivity index (χ1n) is 5.50. The largest absolute Gasteiger partial charge is 0.0837 e. The molecule has 0 aliphatic rings. The van der Waals surface area contributed by atoms with Crippen LogP contribution in [0.3, 0.4) is 0 Å². The van der Waals surface area contributed by atoms with Gasteiger partial charge >= 0.3 is 0 Å². The maximum atomic E-state index is 6.18. The summed E-state index contributed by atoms with van der Waals surface area (Å²) in [5.41, 5.74) is 2.20. The van der Waals surface area contributed by atoms with Crippen molar-refractivity contribution in [2.45, 2.75) is 0 Å². The fourth-order valence-electron chi connectivity index (χ4n) is 1.50. The first kappa shape index (κ1) is 11.7. The van der Waals surface area contributed by atoms with Crippen molar-refractivity contribution in [2.24, 2.45) is 0 Å². The molecule has 0 bridgehead atoms. The molecule has 0 aromatic heterocycles. The lowest BCUT2D eigenvalue weighted by atomic mass is 10.2. The summed E-state index contributed by atoms with van der Waals surface area (Å²) in [6.45, 7) is 0. The van der Waals surface area contributed by atoms with E-state index in [1.54, 1.807) is 0 Å². The van der Waals surface area contributed by atoms with E-state index in [4.69, 9.17) is 11.6 Å². The third-order valence-electron chi connectivity index (χ3n) is 2.38. The highest BCUT2D eigenvalue weighted by Crippen LogP contribution is 2.18. The van der Waals surface area contributed by atoms with E-state index in [0.717, 1.165) is 10.6 Å². The SMILES string of the molecule is Cl/C(=C\C=C\c1ccccc1)c1ccccc1. The third kappa shape index (κ3) is 3.61. The predicted molar refractivity (Wildman–Crippen MR) is 75.7 cm³/mol. The summed E-state index contributed by atoms with van der Waals surface area (Å²) in [7, 11) is 0. The minimum Gasteiger partial charge on any atom is -0.0837 e. The lowest BCUT2D eigenvalue weighted by Gasteiger charge is -1.96. The van der Waals surface area contributed by atoms with Gasteiger partial charge < -0.3 is 0 Å². The molecule has 2 aromatic carbocycles. The zero-order valence-corrected chi connectivity index (χ0v) is 10.1. The molecule has 1 heteroatoms. The normalized spacial score (nSPS) is 11.9. The van der Waals surface area contributed by atoms with E-state index < -0.39 is 0 Å². The predicted octanol–water partition coefficient (Wildman–Crippen LogP) is 4.98. The van der Waals surface area contributed by atoms with Crippen molar-refractivity contribution in [3.05, 3.63) is 83.9 Å². The number of hydrogen-bond donors (Lipinski definition) is 0. The Morgan fingerprint density at radius 3 is 2.06 bits per heavy atom. The highest BCUT2D eigenvalue weighted by Gasteiger charge is 1.93. The van der Waals surface area contributed by atoms with Gasteiger partial charge in [-0.1, -0.05) is 84.4 Å². The van der Waals surface area contributed by atoms with Crippen LogP contribution in [0.25, 0.3) is 11.1 Å². The molecular formula is C16H13Cl. The summed E-state index contributed by atoms with van der Waals surface area (Å²) >= 11 is 6.18. The molecule has 0 N–H and O–H groups in total. The van der Waals surface area contributed by atoms with Crippen molar-refractivity contribution in [3.63, 3.8) is 0 Å². The van der Waals surface area contributed by atoms with Crippen molar-refractivity contribution < 1.29 is 0 Å². The number of hydrogen-bond acceptors (Lipinski definition) is 0. The molecule has 0 atom stereocenters. The average Bonchev–Trinajstić information content (AvgIpc) is 2.41. The summed E-state index contributed by atoms with van der Waals surface area (Å²) in [4.78, 5) is 0. The van der Waals surface area contributed by atoms with Crippen LogP contribution in [-0.4, -0.2) is 0 Å². The highest BCUT2D eigenvalue weighted by molar-refractivity contribution is 6.48. The van der Waals surface area contributed by atoms with Gasteiger partial charge in [-0.3, -0.25) is 0 Å². The molecule has 2 aromatic rings. The van der Waals surface area contributed by atoms with E-state index >= 15 is 0 Å². The van der Waals surface area contributed by atoms with Gasteiger partial charge in [-0.2, -0.15) is 0 Å². The molecule has 17 heavy (non-hydrogen) atoms. The fourth-order valence-corrected chi connectivity index (χ4v) is 1.70. The number of rotatable bonds is 3. The van der Waals surface area contributed by atoms with E-state index in [1.165, 1.54) is 5.56 Å². The summed E-state index contributed by atoms with van der Waals surface area (Å²) in [5.74, 6) is 0. The number of benzene rings is 2. The van der Waals surface area contributed by atoms with E-state index in [-0.39, 0.29) is 0 Å². The average molecular weight is 241 g/mol. The van der Waals surface area contributed by atoms with Crippen molar-refractivity contribution in [2.75, 3.05) is 0 Å². The number of allylic oxidation sites excluding steroid dienone is 2. The van der Waals surface area contributed by atoms with Crippen LogP contribution in [0.5, 0.6) is 0 Å². The molecule has 0 amide bonds. The van der Waals surface area contributed by atoms with E-state index in [2.05, 4.69) is 12.1 Å². The van der Waals surface area contributed by atoms with Crippen LogP contribution < -0.4 is 0 Å². The number of halogens is 1. The Bertz CT molecular complexity index is 510. The Morgan fingerprint density at radius 2 is 1.41 bits per heavy atom. The van der Waals surface area contributed by atoms with Gasteiger partial charge in [-0.15, -0.1) is 0 Å². The first-order valence-corrected chi connectivity index (χ1v) is 5.88. The fraction of sp³-hybridized carbons (Fsp3) is 0. The molecule has 84 valence electrons. The quantitative estimate of drug-likeness (QED) is 0.664. The zero-order chi connectivity index (χ0) is 11.9. The van der Waals surface area contributed by atoms with Crippen LogP contribution in [-0.2, 0) is 0 Å². The second kappa shape index (κ2) is 6.07. The molecule has 2 rings (SSSR count). The lowest BCUT2D eigenvalue weighted by Crippen LogP contribution is -1.74. The Balaban J connectivity index is 2.09. The maximum absolute atomic E-state index is 6.18. The van der Waals surface area contributed by atoms with Gasteiger partial charge in [-0.25, -0.2) is 0 Å². The standard InChI is InChI=1S/C16H13Cl/c17-16(15-11-5-2-6-12-15)13-7-10-14-8-3-1-4-9-14/h1-13H/b10-7+,16-13-. The molecule has 0 saturated heterocycles. The summed E-state index contributed by atoms with van der Waals surface area (Å²) in [6, 6.07) is 20.1. The first-order chi connectivity index (χ1) is 8.36. The van der Waals surface area contributed by atoms with Gasteiger partial charge in [0.05, 0.1) is 0 Å². The molecule has 0 saturated carbocycles. The summed E-state index contributed by atoms with van der Waals surface area (Å²) < 4.78 is 0. The van der Waals surface area contributed by atoms with Crippen molar-refractivity contribution in [1.82, 2.24) is 0 Å². The monoisotopic (exact) mass is 240 g/mol. The molecule has 0 aliphatic heterocycles. The molecule has 0 radical (unpaired) electrons. The topological polar surface area (TPSA) is 0 Å². The van der Waals surface area contributed by atoms with Gasteiger partial charge in [0.2, 0.25) is 0 Å². The minimum atomic E-state index is 0.748. The second-order valence-corrected chi connectivity index (χ2v) is 4.06. The van der Waals surface area contributed by atoms with Gasteiger partial charge in [0.15, 0.2) is 0 Å². The van der Waals surface area contributed by atoms with E-state index in [9.17, 15) is 0 Å². The molecule has 0 fully saturated rings. The zero-order valence-electron chi connectivity index (χ0n) is 9.38. The van der Waals surface area contributed by atoms with Crippen LogP contribution in [0.15, 0.2) is 72.8 Å². The molecule has 0 heterocycles.